The van der Waals surface area contributed by atoms with Gasteiger partial charge in [0.2, 0.25) is 5.91 Å². The first-order valence-corrected chi connectivity index (χ1v) is 11.8. The summed E-state index contributed by atoms with van der Waals surface area (Å²) in [4.78, 5) is 27.8. The lowest BCUT2D eigenvalue weighted by atomic mass is 9.98. The summed E-state index contributed by atoms with van der Waals surface area (Å²) in [7, 11) is 0. The van der Waals surface area contributed by atoms with Gasteiger partial charge < -0.3 is 15.4 Å². The van der Waals surface area contributed by atoms with E-state index in [0.29, 0.717) is 34.6 Å². The molecule has 4 aromatic rings. The molecule has 1 aliphatic heterocycles. The standard InChI is InChI=1S/C29H26N4O3/c1-19-9-11-20(12-10-19)24-6-2-3-7-25(24)29(35)31-22-13-14-26-21(17-22)15-16-32(26)28(34)18-23-5-4-8-27(30)33(23)36/h2-14,17H,15-16,18,30H2,1H3,(H,31,35). The molecule has 0 saturated carbocycles. The Balaban J connectivity index is 1.33. The number of anilines is 3. The second-order valence-corrected chi connectivity index (χ2v) is 8.92. The maximum absolute atomic E-state index is 13.2. The van der Waals surface area contributed by atoms with Crippen LogP contribution in [0, 0.1) is 12.1 Å². The number of nitrogen functional groups attached to an aromatic ring is 1. The molecule has 0 fully saturated rings. The van der Waals surface area contributed by atoms with Crippen molar-refractivity contribution in [2.24, 2.45) is 0 Å². The van der Waals surface area contributed by atoms with E-state index in [2.05, 4.69) is 5.32 Å². The van der Waals surface area contributed by atoms with Crippen LogP contribution in [0.15, 0.2) is 84.9 Å². The number of pyridine rings is 1. The van der Waals surface area contributed by atoms with E-state index in [1.54, 1.807) is 23.1 Å². The number of hydrogen-bond acceptors (Lipinski definition) is 4. The van der Waals surface area contributed by atoms with Gasteiger partial charge in [0.15, 0.2) is 0 Å². The summed E-state index contributed by atoms with van der Waals surface area (Å²) in [5, 5.41) is 15.1. The van der Waals surface area contributed by atoms with E-state index in [4.69, 9.17) is 5.73 Å². The number of carbonyl (C=O) groups is 2. The van der Waals surface area contributed by atoms with Crippen LogP contribution in [0.1, 0.15) is 27.2 Å². The van der Waals surface area contributed by atoms with E-state index < -0.39 is 0 Å². The number of benzene rings is 3. The first-order chi connectivity index (χ1) is 17.4. The van der Waals surface area contributed by atoms with Gasteiger partial charge in [-0.05, 0) is 60.4 Å². The lowest BCUT2D eigenvalue weighted by Gasteiger charge is -2.19. The predicted octanol–water partition coefficient (Wildman–Crippen LogP) is 4.26. The number of aryl methyl sites for hydroxylation is 1. The van der Waals surface area contributed by atoms with Crippen LogP contribution in [-0.2, 0) is 17.6 Å². The van der Waals surface area contributed by atoms with Gasteiger partial charge >= 0.3 is 0 Å². The van der Waals surface area contributed by atoms with Gasteiger partial charge in [-0.15, -0.1) is 0 Å². The number of carbonyl (C=O) groups excluding carboxylic acids is 2. The van der Waals surface area contributed by atoms with Gasteiger partial charge in [-0.3, -0.25) is 15.3 Å². The summed E-state index contributed by atoms with van der Waals surface area (Å²) < 4.78 is 0.585. The minimum atomic E-state index is -0.196. The highest BCUT2D eigenvalue weighted by Crippen LogP contribution is 2.32. The van der Waals surface area contributed by atoms with Crippen LogP contribution in [0.3, 0.4) is 0 Å². The molecule has 3 aromatic carbocycles. The van der Waals surface area contributed by atoms with Crippen LogP contribution < -0.4 is 20.7 Å². The predicted molar refractivity (Wildman–Crippen MR) is 141 cm³/mol. The lowest BCUT2D eigenvalue weighted by Crippen LogP contribution is -2.39. The number of rotatable bonds is 5. The Hall–Kier alpha value is -4.65. The van der Waals surface area contributed by atoms with Crippen LogP contribution in [0.25, 0.3) is 11.1 Å². The zero-order valence-electron chi connectivity index (χ0n) is 19.9. The lowest BCUT2D eigenvalue weighted by molar-refractivity contribution is -0.597. The van der Waals surface area contributed by atoms with Crippen molar-refractivity contribution < 1.29 is 14.3 Å². The molecule has 0 atom stereocenters. The quantitative estimate of drug-likeness (QED) is 0.330. The molecule has 36 heavy (non-hydrogen) atoms. The molecule has 2 heterocycles. The van der Waals surface area contributed by atoms with Crippen LogP contribution in [-0.4, -0.2) is 18.4 Å². The Kier molecular flexibility index (Phi) is 6.12. The van der Waals surface area contributed by atoms with Gasteiger partial charge in [0.1, 0.15) is 5.69 Å². The Labute approximate surface area is 209 Å². The van der Waals surface area contributed by atoms with Crippen molar-refractivity contribution in [3.8, 4) is 11.1 Å². The van der Waals surface area contributed by atoms with Crippen LogP contribution in [0.5, 0.6) is 0 Å². The highest BCUT2D eigenvalue weighted by atomic mass is 16.5. The number of nitrogens with zero attached hydrogens (tertiary/aromatic N) is 2. The summed E-state index contributed by atoms with van der Waals surface area (Å²) in [6.07, 6.45) is 0.626. The molecule has 0 spiro atoms. The summed E-state index contributed by atoms with van der Waals surface area (Å²) in [5.74, 6) is -0.307. The molecule has 180 valence electrons. The van der Waals surface area contributed by atoms with Gasteiger partial charge in [0, 0.05) is 29.5 Å². The Morgan fingerprint density at radius 2 is 1.78 bits per heavy atom. The van der Waals surface area contributed by atoms with Gasteiger partial charge in [0.05, 0.1) is 6.42 Å². The summed E-state index contributed by atoms with van der Waals surface area (Å²) in [6, 6.07) is 25.9. The number of aromatic nitrogens is 1. The molecule has 5 rings (SSSR count). The van der Waals surface area contributed by atoms with Crippen LogP contribution >= 0.6 is 0 Å². The largest absolute Gasteiger partial charge is 0.710 e. The molecular weight excluding hydrogens is 452 g/mol. The highest BCUT2D eigenvalue weighted by molar-refractivity contribution is 6.09. The van der Waals surface area contributed by atoms with E-state index in [-0.39, 0.29) is 24.1 Å². The Morgan fingerprint density at radius 1 is 1.00 bits per heavy atom. The van der Waals surface area contributed by atoms with Crippen molar-refractivity contribution in [1.29, 1.82) is 0 Å². The molecule has 0 radical (unpaired) electrons. The second kappa shape index (κ2) is 9.54. The topological polar surface area (TPSA) is 102 Å². The average Bonchev–Trinajstić information content (AvgIpc) is 3.31. The van der Waals surface area contributed by atoms with E-state index in [1.165, 1.54) is 6.07 Å². The fourth-order valence-corrected chi connectivity index (χ4v) is 4.54. The molecule has 0 unspecified atom stereocenters. The highest BCUT2D eigenvalue weighted by Gasteiger charge is 2.26. The van der Waals surface area contributed by atoms with Crippen molar-refractivity contribution >= 4 is 29.0 Å². The van der Waals surface area contributed by atoms with Gasteiger partial charge in [-0.1, -0.05) is 54.1 Å². The van der Waals surface area contributed by atoms with E-state index in [1.807, 2.05) is 67.6 Å². The monoisotopic (exact) mass is 478 g/mol. The molecule has 0 aliphatic carbocycles. The first kappa shape index (κ1) is 23.1. The average molecular weight is 479 g/mol. The smallest absolute Gasteiger partial charge is 0.275 e. The fraction of sp³-hybridized carbons (Fsp3) is 0.138. The molecule has 7 nitrogen and oxygen atoms in total. The molecular formula is C29H26N4O3. The number of fused-ring (bicyclic) bond motifs is 1. The second-order valence-electron chi connectivity index (χ2n) is 8.92. The van der Waals surface area contributed by atoms with Crippen molar-refractivity contribution in [1.82, 2.24) is 0 Å². The molecule has 2 amide bonds. The summed E-state index contributed by atoms with van der Waals surface area (Å²) in [6.45, 7) is 2.55. The molecule has 0 saturated heterocycles. The zero-order chi connectivity index (χ0) is 25.2. The third-order valence-corrected chi connectivity index (χ3v) is 6.45. The van der Waals surface area contributed by atoms with Crippen LogP contribution in [0.2, 0.25) is 0 Å². The van der Waals surface area contributed by atoms with Crippen molar-refractivity contribution in [2.75, 3.05) is 22.5 Å². The fourth-order valence-electron chi connectivity index (χ4n) is 4.54. The normalized spacial score (nSPS) is 12.3. The number of hydrogen-bond donors (Lipinski definition) is 2. The number of amides is 2. The van der Waals surface area contributed by atoms with Crippen molar-refractivity contribution in [3.63, 3.8) is 0 Å². The number of nitrogens with one attached hydrogen (secondary N) is 1. The maximum atomic E-state index is 13.2. The molecule has 7 heteroatoms. The SMILES string of the molecule is Cc1ccc(-c2ccccc2C(=O)Nc2ccc3c(c2)CCN3C(=O)Cc2cccc(N)[n+]2[O-])cc1. The maximum Gasteiger partial charge on any atom is 0.275 e. The minimum Gasteiger partial charge on any atom is -0.710 e. The Morgan fingerprint density at radius 3 is 2.58 bits per heavy atom. The molecule has 1 aliphatic rings. The van der Waals surface area contributed by atoms with Crippen LogP contribution in [0.4, 0.5) is 17.2 Å². The van der Waals surface area contributed by atoms with Crippen molar-refractivity contribution in [3.05, 3.63) is 113 Å². The summed E-state index contributed by atoms with van der Waals surface area (Å²) in [5.41, 5.74) is 12.0. The third kappa shape index (κ3) is 4.51. The first-order valence-electron chi connectivity index (χ1n) is 11.8. The minimum absolute atomic E-state index is 0.0394. The molecule has 1 aromatic heterocycles. The van der Waals surface area contributed by atoms with E-state index >= 15 is 0 Å². The van der Waals surface area contributed by atoms with E-state index in [0.717, 1.165) is 27.9 Å². The van der Waals surface area contributed by atoms with Gasteiger partial charge in [0.25, 0.3) is 11.7 Å². The molecule has 0 bridgehead atoms. The third-order valence-electron chi connectivity index (χ3n) is 6.45. The van der Waals surface area contributed by atoms with Gasteiger partial charge in [-0.25, -0.2) is 4.73 Å². The van der Waals surface area contributed by atoms with E-state index in [9.17, 15) is 14.8 Å². The molecule has 3 N–H and O–H groups in total. The Bertz CT molecular complexity index is 1460. The number of nitrogens with two attached hydrogens (primary N) is 1. The zero-order valence-corrected chi connectivity index (χ0v) is 19.9. The van der Waals surface area contributed by atoms with Crippen molar-refractivity contribution in [2.45, 2.75) is 19.8 Å². The summed E-state index contributed by atoms with van der Waals surface area (Å²) >= 11 is 0. The van der Waals surface area contributed by atoms with Gasteiger partial charge in [-0.2, -0.15) is 0 Å².